The van der Waals surface area contributed by atoms with E-state index in [9.17, 15) is 19.2 Å². The van der Waals surface area contributed by atoms with Gasteiger partial charge < -0.3 is 9.84 Å². The number of ketones is 2. The van der Waals surface area contributed by atoms with Gasteiger partial charge in [0.05, 0.1) is 5.92 Å². The molecule has 10 aromatic carbocycles. The molecule has 490 valence electrons. The van der Waals surface area contributed by atoms with Crippen molar-refractivity contribution in [3.8, 4) is 79.5 Å². The standard InChI is InChI=1S/C34H34O2.C34H34.C16H17Br.C4H2O4.FH/c1-19-13-23(5)31(24(6)14-19)27-9-11-29(21(3)17-27)33(35)34(36)30-12-10-28(18-22(30)4)32-25(7)15-20(2)16-26(32)8;1-21-15-25(5)33(26(6)16-21)31-13-11-29(23(3)19-31)9-10-30-12-14-32(20-24(30)4)34-27(7)17-22(2)18-28(34)8;1-10-7-12(3)16(13(4)8-10)14-5-6-15(17)11(2)9-14;5-3-8-2-1-4(6)7;/h9-18H,1-8H3;11-20H,1-8H3;5-9H,1-4H3;3H,(H,6,7);1H. The third-order valence-electron chi connectivity index (χ3n) is 17.2. The Morgan fingerprint density at radius 2 is 0.573 bits per heavy atom. The van der Waals surface area contributed by atoms with E-state index in [-0.39, 0.29) is 11.2 Å². The number of Topliss-reactive ketones (excluding diaryl/α,β-unsaturated/α-hetero) is 2. The molecule has 96 heavy (non-hydrogen) atoms. The minimum atomic E-state index is -1.33. The van der Waals surface area contributed by atoms with Gasteiger partial charge in [0.25, 0.3) is 0 Å². The highest BCUT2D eigenvalue weighted by Crippen LogP contribution is 2.36. The van der Waals surface area contributed by atoms with Gasteiger partial charge in [0.2, 0.25) is 11.6 Å². The number of carbonyl (C=O) groups excluding carboxylic acids is 3. The number of hydrogen-bond acceptors (Lipinski definition) is 5. The zero-order valence-electron chi connectivity index (χ0n) is 59.3. The summed E-state index contributed by atoms with van der Waals surface area (Å²) in [6.45, 7) is 42.6. The van der Waals surface area contributed by atoms with E-state index in [2.05, 4.69) is 272 Å². The summed E-state index contributed by atoms with van der Waals surface area (Å²) in [5.41, 5.74) is 40.0. The number of carbonyl (C=O) groups is 4. The van der Waals surface area contributed by atoms with Gasteiger partial charge in [-0.25, -0.2) is 4.79 Å². The van der Waals surface area contributed by atoms with Crippen molar-refractivity contribution < 1.29 is 33.7 Å². The predicted octanol–water partition coefficient (Wildman–Crippen LogP) is 22.1. The lowest BCUT2D eigenvalue weighted by molar-refractivity contribution is -0.130. The minimum absolute atomic E-state index is 0. The Kier molecular flexibility index (Phi) is 25.7. The number of carboxylic acids is 1. The smallest absolute Gasteiger partial charge is 0.385 e. The van der Waals surface area contributed by atoms with Gasteiger partial charge in [-0.2, -0.15) is 0 Å². The molecule has 0 fully saturated rings. The third-order valence-corrected chi connectivity index (χ3v) is 18.1. The monoisotopic (exact) mass is 1340 g/mol. The zero-order chi connectivity index (χ0) is 69.9. The van der Waals surface area contributed by atoms with E-state index in [0.717, 1.165) is 33.4 Å². The van der Waals surface area contributed by atoms with Crippen molar-refractivity contribution in [3.05, 3.63) is 290 Å². The molecule has 0 atom stereocenters. The fourth-order valence-electron chi connectivity index (χ4n) is 13.5. The van der Waals surface area contributed by atoms with Crippen LogP contribution in [-0.4, -0.2) is 29.1 Å². The van der Waals surface area contributed by atoms with Crippen LogP contribution in [0.5, 0.6) is 0 Å². The molecule has 8 heteroatoms. The van der Waals surface area contributed by atoms with Crippen LogP contribution >= 0.6 is 15.9 Å². The normalized spacial score (nSPS) is 10.3. The first-order valence-corrected chi connectivity index (χ1v) is 32.7. The number of rotatable bonds is 9. The van der Waals surface area contributed by atoms with Crippen LogP contribution in [0.25, 0.3) is 55.6 Å². The van der Waals surface area contributed by atoms with Crippen LogP contribution in [0.3, 0.4) is 0 Å². The van der Waals surface area contributed by atoms with Gasteiger partial charge in [0, 0.05) is 26.7 Å². The summed E-state index contributed by atoms with van der Waals surface area (Å²) in [4.78, 5) is 45.4. The average Bonchev–Trinajstić information content (AvgIpc) is 0.777. The summed E-state index contributed by atoms with van der Waals surface area (Å²) in [5.74, 6) is 6.16. The van der Waals surface area contributed by atoms with Crippen LogP contribution in [0, 0.1) is 162 Å². The van der Waals surface area contributed by atoms with Crippen molar-refractivity contribution in [2.45, 2.75) is 138 Å². The van der Waals surface area contributed by atoms with Crippen molar-refractivity contribution >= 4 is 39.9 Å². The molecule has 0 saturated heterocycles. The Balaban J connectivity index is 0.000000224. The van der Waals surface area contributed by atoms with Gasteiger partial charge in [0.1, 0.15) is 6.11 Å². The second-order valence-electron chi connectivity index (χ2n) is 25.6. The van der Waals surface area contributed by atoms with E-state index in [1.54, 1.807) is 24.2 Å². The molecule has 0 unspecified atom stereocenters. The molecule has 0 radical (unpaired) electrons. The molecule has 10 rings (SSSR count). The lowest BCUT2D eigenvalue weighted by Crippen LogP contribution is -2.17. The number of ether oxygens (including phenoxy) is 1. The molecule has 0 heterocycles. The van der Waals surface area contributed by atoms with Crippen LogP contribution in [0.4, 0.5) is 4.70 Å². The Hall–Kier alpha value is -9.99. The number of carboxylic acid groups (broad SMARTS) is 1. The molecule has 0 amide bonds. The molecule has 0 aromatic heterocycles. The lowest BCUT2D eigenvalue weighted by Gasteiger charge is -2.15. The number of aryl methyl sites for hydroxylation is 20. The SMILES string of the molecule is Cc1cc(C)c(-c2ccc(Br)c(C)c2)c(C)c1.Cc1cc(C)c(-c2ccc(C#Cc3ccc(-c4c(C)cc(C)cc4C)cc3C)c(C)c2)c(C)c1.Cc1cc(C)c(-c2ccc(C(=O)C(=O)c3ccc(-c4c(C)cc(C)cc4C)cc3C)c(C)c2)c(C)c1.F.O=COC#CC(=O)O. The van der Waals surface area contributed by atoms with Gasteiger partial charge in [0.15, 0.2) is 0 Å². The van der Waals surface area contributed by atoms with E-state index < -0.39 is 17.5 Å². The van der Waals surface area contributed by atoms with Gasteiger partial charge in [-0.3, -0.25) is 19.1 Å². The first kappa shape index (κ1) is 75.0. The van der Waals surface area contributed by atoms with Crippen molar-refractivity contribution in [2.24, 2.45) is 0 Å². The Labute approximate surface area is 577 Å². The number of benzene rings is 10. The number of hydrogen-bond donors (Lipinski definition) is 1. The van der Waals surface area contributed by atoms with Crippen LogP contribution < -0.4 is 0 Å². The summed E-state index contributed by atoms with van der Waals surface area (Å²) < 4.78 is 4.89. The predicted molar refractivity (Wildman–Crippen MR) is 402 cm³/mol. The molecule has 0 aliphatic rings. The molecule has 0 aliphatic carbocycles. The molecular formula is C88H88BrFO6. The fourth-order valence-corrected chi connectivity index (χ4v) is 13.8. The molecule has 0 saturated carbocycles. The molecule has 0 aliphatic heterocycles. The highest BCUT2D eigenvalue weighted by atomic mass is 79.9. The Bertz CT molecular complexity index is 4460. The van der Waals surface area contributed by atoms with Crippen LogP contribution in [0.15, 0.2) is 156 Å². The maximum absolute atomic E-state index is 13.3. The molecular weight excluding hydrogens is 1250 g/mol. The van der Waals surface area contributed by atoms with E-state index in [1.165, 1.54) is 149 Å². The largest absolute Gasteiger partial charge is 0.472 e. The van der Waals surface area contributed by atoms with Crippen LogP contribution in [-0.2, 0) is 14.3 Å². The molecule has 0 spiro atoms. The molecule has 1 N–H and O–H groups in total. The maximum atomic E-state index is 13.3. The van der Waals surface area contributed by atoms with Gasteiger partial charge in [-0.1, -0.05) is 189 Å². The minimum Gasteiger partial charge on any atom is -0.472 e. The van der Waals surface area contributed by atoms with E-state index in [1.807, 2.05) is 38.1 Å². The fraction of sp³-hybridized carbons (Fsp3) is 0.227. The molecule has 0 bridgehead atoms. The molecule has 10 aromatic rings. The summed E-state index contributed by atoms with van der Waals surface area (Å²) in [7, 11) is 0. The third kappa shape index (κ3) is 18.5. The van der Waals surface area contributed by atoms with E-state index in [0.29, 0.717) is 11.1 Å². The highest BCUT2D eigenvalue weighted by molar-refractivity contribution is 9.10. The van der Waals surface area contributed by atoms with Crippen molar-refractivity contribution in [3.63, 3.8) is 0 Å². The van der Waals surface area contributed by atoms with Crippen molar-refractivity contribution in [1.82, 2.24) is 0 Å². The topological polar surface area (TPSA) is 97.7 Å². The summed E-state index contributed by atoms with van der Waals surface area (Å²) in [6.07, 6.45) is 1.62. The van der Waals surface area contributed by atoms with Crippen LogP contribution in [0.2, 0.25) is 0 Å². The van der Waals surface area contributed by atoms with E-state index in [4.69, 9.17) is 5.11 Å². The summed E-state index contributed by atoms with van der Waals surface area (Å²) >= 11 is 3.55. The zero-order valence-corrected chi connectivity index (χ0v) is 60.9. The quantitative estimate of drug-likeness (QED) is 0.0669. The second kappa shape index (κ2) is 32.9. The second-order valence-corrected chi connectivity index (χ2v) is 26.5. The van der Waals surface area contributed by atoms with Gasteiger partial charge in [-0.15, -0.1) is 0 Å². The number of halogens is 2. The first-order chi connectivity index (χ1) is 44.9. The van der Waals surface area contributed by atoms with Crippen molar-refractivity contribution in [2.75, 3.05) is 0 Å². The Morgan fingerprint density at radius 1 is 0.333 bits per heavy atom. The van der Waals surface area contributed by atoms with Crippen molar-refractivity contribution in [1.29, 1.82) is 0 Å². The van der Waals surface area contributed by atoms with E-state index >= 15 is 0 Å². The van der Waals surface area contributed by atoms with Gasteiger partial charge >= 0.3 is 12.4 Å². The summed E-state index contributed by atoms with van der Waals surface area (Å²) in [6, 6.07) is 53.6. The van der Waals surface area contributed by atoms with Crippen LogP contribution in [0.1, 0.15) is 143 Å². The average molecular weight is 1340 g/mol. The van der Waals surface area contributed by atoms with Gasteiger partial charge in [-0.05, 0) is 296 Å². The lowest BCUT2D eigenvalue weighted by atomic mass is 9.88. The Morgan fingerprint density at radius 3 is 0.802 bits per heavy atom. The first-order valence-electron chi connectivity index (χ1n) is 31.9. The molecule has 6 nitrogen and oxygen atoms in total. The summed E-state index contributed by atoms with van der Waals surface area (Å²) in [5, 5.41) is 7.77. The maximum Gasteiger partial charge on any atom is 0.385 e. The number of aliphatic carboxylic acids is 1. The highest BCUT2D eigenvalue weighted by Gasteiger charge is 2.23.